The van der Waals surface area contributed by atoms with Crippen LogP contribution in [-0.2, 0) is 22.6 Å². The van der Waals surface area contributed by atoms with E-state index in [1.807, 2.05) is 4.57 Å². The SMILES string of the molecule is c1ccc(CN2CCOCC3(CC(Cn4cnnc4)CO3)C2)cc1. The van der Waals surface area contributed by atoms with Gasteiger partial charge in [-0.2, -0.15) is 0 Å². The molecular formula is C18H24N4O2. The number of benzene rings is 1. The zero-order valence-corrected chi connectivity index (χ0v) is 13.9. The standard InChI is InChI=1S/C18H24N4O2/c1-2-4-16(5-3-1)9-21-6-7-23-13-18(12-21)8-17(11-24-18)10-22-14-19-20-15-22/h1-5,14-15,17H,6-13H2. The first-order valence-electron chi connectivity index (χ1n) is 8.62. The highest BCUT2D eigenvalue weighted by Crippen LogP contribution is 2.33. The van der Waals surface area contributed by atoms with Crippen LogP contribution >= 0.6 is 0 Å². The predicted octanol–water partition coefficient (Wildman–Crippen LogP) is 1.59. The third-order valence-corrected chi connectivity index (χ3v) is 4.90. The average Bonchev–Trinajstić information content (AvgIpc) is 3.19. The summed E-state index contributed by atoms with van der Waals surface area (Å²) in [6.07, 6.45) is 4.57. The summed E-state index contributed by atoms with van der Waals surface area (Å²) < 4.78 is 14.2. The first-order chi connectivity index (χ1) is 11.8. The molecule has 1 aromatic heterocycles. The number of rotatable bonds is 4. The summed E-state index contributed by atoms with van der Waals surface area (Å²) in [5.74, 6) is 0.487. The molecule has 0 radical (unpaired) electrons. The summed E-state index contributed by atoms with van der Waals surface area (Å²) in [6.45, 7) is 5.99. The van der Waals surface area contributed by atoms with Crippen LogP contribution in [0.2, 0.25) is 0 Å². The number of ether oxygens (including phenoxy) is 2. The maximum Gasteiger partial charge on any atom is 0.119 e. The normalized spacial score (nSPS) is 28.2. The smallest absolute Gasteiger partial charge is 0.119 e. The molecule has 2 unspecified atom stereocenters. The second-order valence-electron chi connectivity index (χ2n) is 6.97. The van der Waals surface area contributed by atoms with Crippen LogP contribution in [0, 0.1) is 5.92 Å². The Labute approximate surface area is 142 Å². The molecule has 0 amide bonds. The van der Waals surface area contributed by atoms with Crippen LogP contribution in [0.25, 0.3) is 0 Å². The molecule has 2 aliphatic rings. The fraction of sp³-hybridized carbons (Fsp3) is 0.556. The van der Waals surface area contributed by atoms with Gasteiger partial charge in [0.2, 0.25) is 0 Å². The molecule has 0 bridgehead atoms. The zero-order valence-electron chi connectivity index (χ0n) is 13.9. The van der Waals surface area contributed by atoms with Gasteiger partial charge in [0.15, 0.2) is 0 Å². The van der Waals surface area contributed by atoms with E-state index in [-0.39, 0.29) is 5.60 Å². The molecule has 24 heavy (non-hydrogen) atoms. The zero-order chi connectivity index (χ0) is 16.2. The Kier molecular flexibility index (Phi) is 4.60. The Morgan fingerprint density at radius 3 is 2.83 bits per heavy atom. The fourth-order valence-electron chi connectivity index (χ4n) is 3.84. The van der Waals surface area contributed by atoms with E-state index in [2.05, 4.69) is 45.4 Å². The third kappa shape index (κ3) is 3.66. The summed E-state index contributed by atoms with van der Waals surface area (Å²) in [6, 6.07) is 10.6. The lowest BCUT2D eigenvalue weighted by molar-refractivity contribution is -0.0563. The lowest BCUT2D eigenvalue weighted by Crippen LogP contribution is -2.43. The van der Waals surface area contributed by atoms with Crippen molar-refractivity contribution in [1.29, 1.82) is 0 Å². The Balaban J connectivity index is 1.40. The van der Waals surface area contributed by atoms with Gasteiger partial charge in [0, 0.05) is 32.1 Å². The Bertz CT molecular complexity index is 634. The highest BCUT2D eigenvalue weighted by atomic mass is 16.5. The van der Waals surface area contributed by atoms with Crippen LogP contribution in [-0.4, -0.2) is 58.2 Å². The molecular weight excluding hydrogens is 304 g/mol. The van der Waals surface area contributed by atoms with Gasteiger partial charge >= 0.3 is 0 Å². The van der Waals surface area contributed by atoms with E-state index >= 15 is 0 Å². The Hall–Kier alpha value is -1.76. The quantitative estimate of drug-likeness (QED) is 0.853. The molecule has 2 saturated heterocycles. The Morgan fingerprint density at radius 1 is 1.17 bits per heavy atom. The first kappa shape index (κ1) is 15.7. The largest absolute Gasteiger partial charge is 0.377 e. The molecule has 128 valence electrons. The van der Waals surface area contributed by atoms with Crippen molar-refractivity contribution < 1.29 is 9.47 Å². The van der Waals surface area contributed by atoms with Crippen molar-refractivity contribution in [3.05, 3.63) is 48.5 Å². The molecule has 2 aliphatic heterocycles. The van der Waals surface area contributed by atoms with Crippen molar-refractivity contribution in [2.24, 2.45) is 5.92 Å². The molecule has 2 fully saturated rings. The van der Waals surface area contributed by atoms with Gasteiger partial charge < -0.3 is 14.0 Å². The van der Waals surface area contributed by atoms with Gasteiger partial charge in [-0.05, 0) is 12.0 Å². The molecule has 2 atom stereocenters. The Morgan fingerprint density at radius 2 is 2.00 bits per heavy atom. The lowest BCUT2D eigenvalue weighted by Gasteiger charge is -2.31. The van der Waals surface area contributed by atoms with Crippen LogP contribution in [0.1, 0.15) is 12.0 Å². The van der Waals surface area contributed by atoms with Crippen LogP contribution in [0.15, 0.2) is 43.0 Å². The molecule has 0 saturated carbocycles. The molecule has 6 heteroatoms. The van der Waals surface area contributed by atoms with Crippen molar-refractivity contribution in [3.63, 3.8) is 0 Å². The topological polar surface area (TPSA) is 52.4 Å². The predicted molar refractivity (Wildman–Crippen MR) is 89.4 cm³/mol. The minimum atomic E-state index is -0.177. The molecule has 2 aromatic rings. The van der Waals surface area contributed by atoms with Gasteiger partial charge in [0.05, 0.1) is 19.8 Å². The average molecular weight is 328 g/mol. The second-order valence-corrected chi connectivity index (χ2v) is 6.97. The molecule has 1 spiro atoms. The summed E-state index contributed by atoms with van der Waals surface area (Å²) in [4.78, 5) is 2.46. The molecule has 4 rings (SSSR count). The molecule has 3 heterocycles. The van der Waals surface area contributed by atoms with Crippen molar-refractivity contribution >= 4 is 0 Å². The van der Waals surface area contributed by atoms with E-state index < -0.39 is 0 Å². The number of aromatic nitrogens is 3. The van der Waals surface area contributed by atoms with Gasteiger partial charge in [0.25, 0.3) is 0 Å². The molecule has 0 N–H and O–H groups in total. The summed E-state index contributed by atoms with van der Waals surface area (Å²) in [7, 11) is 0. The summed E-state index contributed by atoms with van der Waals surface area (Å²) >= 11 is 0. The highest BCUT2D eigenvalue weighted by Gasteiger charge is 2.43. The van der Waals surface area contributed by atoms with E-state index in [1.54, 1.807) is 12.7 Å². The molecule has 6 nitrogen and oxygen atoms in total. The van der Waals surface area contributed by atoms with E-state index in [9.17, 15) is 0 Å². The lowest BCUT2D eigenvalue weighted by atomic mass is 9.94. The maximum atomic E-state index is 6.27. The number of nitrogens with zero attached hydrogens (tertiary/aromatic N) is 4. The van der Waals surface area contributed by atoms with Gasteiger partial charge in [-0.3, -0.25) is 4.90 Å². The van der Waals surface area contributed by atoms with Gasteiger partial charge in [-0.1, -0.05) is 30.3 Å². The van der Waals surface area contributed by atoms with Crippen LogP contribution < -0.4 is 0 Å². The monoisotopic (exact) mass is 328 g/mol. The van der Waals surface area contributed by atoms with Crippen LogP contribution in [0.5, 0.6) is 0 Å². The van der Waals surface area contributed by atoms with Gasteiger partial charge in [-0.25, -0.2) is 0 Å². The van der Waals surface area contributed by atoms with Crippen LogP contribution in [0.3, 0.4) is 0 Å². The summed E-state index contributed by atoms with van der Waals surface area (Å²) in [5, 5.41) is 7.76. The van der Waals surface area contributed by atoms with Crippen molar-refractivity contribution in [3.8, 4) is 0 Å². The maximum absolute atomic E-state index is 6.27. The van der Waals surface area contributed by atoms with Gasteiger partial charge in [0.1, 0.15) is 18.3 Å². The van der Waals surface area contributed by atoms with E-state index in [1.165, 1.54) is 5.56 Å². The minimum absolute atomic E-state index is 0.177. The first-order valence-corrected chi connectivity index (χ1v) is 8.62. The fourth-order valence-corrected chi connectivity index (χ4v) is 3.84. The third-order valence-electron chi connectivity index (χ3n) is 4.90. The molecule has 1 aromatic carbocycles. The van der Waals surface area contributed by atoms with Crippen molar-refractivity contribution in [2.45, 2.75) is 25.1 Å². The highest BCUT2D eigenvalue weighted by molar-refractivity contribution is 5.14. The molecule has 0 aliphatic carbocycles. The summed E-state index contributed by atoms with van der Waals surface area (Å²) in [5.41, 5.74) is 1.16. The van der Waals surface area contributed by atoms with Crippen molar-refractivity contribution in [2.75, 3.05) is 32.9 Å². The van der Waals surface area contributed by atoms with E-state index in [4.69, 9.17) is 9.47 Å². The number of hydrogen-bond donors (Lipinski definition) is 0. The van der Waals surface area contributed by atoms with Gasteiger partial charge in [-0.15, -0.1) is 10.2 Å². The minimum Gasteiger partial charge on any atom is -0.377 e. The number of hydrogen-bond acceptors (Lipinski definition) is 5. The van der Waals surface area contributed by atoms with E-state index in [0.717, 1.165) is 45.8 Å². The second kappa shape index (κ2) is 7.01. The van der Waals surface area contributed by atoms with E-state index in [0.29, 0.717) is 12.5 Å². The van der Waals surface area contributed by atoms with Crippen molar-refractivity contribution in [1.82, 2.24) is 19.7 Å². The van der Waals surface area contributed by atoms with Crippen LogP contribution in [0.4, 0.5) is 0 Å².